The Morgan fingerprint density at radius 2 is 1.97 bits per heavy atom. The summed E-state index contributed by atoms with van der Waals surface area (Å²) in [6.07, 6.45) is 4.01. The summed E-state index contributed by atoms with van der Waals surface area (Å²) in [5, 5.41) is 7.15. The minimum atomic E-state index is -0.312. The predicted molar refractivity (Wildman–Crippen MR) is 126 cm³/mol. The Hall–Kier alpha value is -4.07. The van der Waals surface area contributed by atoms with Crippen molar-refractivity contribution in [3.63, 3.8) is 0 Å². The molecule has 1 atom stereocenters. The summed E-state index contributed by atoms with van der Waals surface area (Å²) in [5.41, 5.74) is 4.42. The number of benzene rings is 1. The molecule has 6 rings (SSSR count). The third-order valence-electron chi connectivity index (χ3n) is 5.96. The van der Waals surface area contributed by atoms with Gasteiger partial charge in [0.05, 0.1) is 11.2 Å². The van der Waals surface area contributed by atoms with Gasteiger partial charge >= 0.3 is 0 Å². The molecule has 0 saturated heterocycles. The summed E-state index contributed by atoms with van der Waals surface area (Å²) in [6.45, 7) is 2.70. The molecule has 33 heavy (non-hydrogen) atoms. The highest BCUT2D eigenvalue weighted by molar-refractivity contribution is 5.86. The van der Waals surface area contributed by atoms with Gasteiger partial charge < -0.3 is 10.6 Å². The maximum Gasteiger partial charge on any atom is 0.293 e. The van der Waals surface area contributed by atoms with Crippen molar-refractivity contribution in [1.29, 1.82) is 0 Å². The second-order valence-corrected chi connectivity index (χ2v) is 8.15. The molecule has 1 aromatic carbocycles. The Balaban J connectivity index is 1.20. The fourth-order valence-corrected chi connectivity index (χ4v) is 4.13. The van der Waals surface area contributed by atoms with E-state index in [-0.39, 0.29) is 29.7 Å². The molecular formula is C25H24N6O2. The molecule has 166 valence electrons. The van der Waals surface area contributed by atoms with E-state index in [4.69, 9.17) is 0 Å². The maximum absolute atomic E-state index is 12.9. The van der Waals surface area contributed by atoms with Crippen molar-refractivity contribution in [3.8, 4) is 0 Å². The van der Waals surface area contributed by atoms with E-state index in [1.807, 2.05) is 36.4 Å². The number of rotatable bonds is 8. The van der Waals surface area contributed by atoms with Crippen LogP contribution in [0.5, 0.6) is 0 Å². The first-order valence-electron chi connectivity index (χ1n) is 11.0. The quantitative estimate of drug-likeness (QED) is 0.436. The summed E-state index contributed by atoms with van der Waals surface area (Å²) >= 11 is 0. The number of amides is 1. The first-order chi connectivity index (χ1) is 16.1. The molecule has 4 heterocycles. The zero-order valence-corrected chi connectivity index (χ0v) is 18.3. The van der Waals surface area contributed by atoms with Crippen molar-refractivity contribution >= 4 is 22.6 Å². The number of aryl methyl sites for hydroxylation is 1. The summed E-state index contributed by atoms with van der Waals surface area (Å²) in [5.74, 6) is 0.113. The summed E-state index contributed by atoms with van der Waals surface area (Å²) < 4.78 is 1.44. The van der Waals surface area contributed by atoms with Crippen LogP contribution in [-0.2, 0) is 17.8 Å². The van der Waals surface area contributed by atoms with Gasteiger partial charge in [-0.3, -0.25) is 24.1 Å². The second kappa shape index (κ2) is 8.82. The van der Waals surface area contributed by atoms with Crippen molar-refractivity contribution in [2.45, 2.75) is 25.8 Å². The highest BCUT2D eigenvalue weighted by Gasteiger charge is 2.28. The first-order valence-corrected chi connectivity index (χ1v) is 11.0. The number of para-hydroxylation sites is 1. The van der Waals surface area contributed by atoms with Crippen LogP contribution in [0.3, 0.4) is 0 Å². The maximum atomic E-state index is 12.9. The fraction of sp³-hybridized carbons (Fsp3) is 0.240. The Morgan fingerprint density at radius 3 is 2.82 bits per heavy atom. The van der Waals surface area contributed by atoms with E-state index in [9.17, 15) is 9.59 Å². The third kappa shape index (κ3) is 4.19. The smallest absolute Gasteiger partial charge is 0.293 e. The van der Waals surface area contributed by atoms with Gasteiger partial charge in [-0.15, -0.1) is 0 Å². The SMILES string of the molecule is Cc1cnc(NCCc2ccccn2)c(=O)n1CC(=O)NCC1c2cc1c1ccccc1n2. The molecule has 4 aromatic rings. The highest BCUT2D eigenvalue weighted by Crippen LogP contribution is 2.38. The molecule has 0 saturated carbocycles. The molecular weight excluding hydrogens is 416 g/mol. The zero-order chi connectivity index (χ0) is 22.8. The largest absolute Gasteiger partial charge is 0.365 e. The molecule has 8 heteroatoms. The lowest BCUT2D eigenvalue weighted by Crippen LogP contribution is -2.37. The molecule has 2 bridgehead atoms. The average Bonchev–Trinajstić information content (AvgIpc) is 2.83. The number of aromatic nitrogens is 4. The van der Waals surface area contributed by atoms with Gasteiger partial charge in [0.1, 0.15) is 6.54 Å². The van der Waals surface area contributed by atoms with Crippen LogP contribution in [0.15, 0.2) is 65.7 Å². The number of carbonyl (C=O) groups is 1. The lowest BCUT2D eigenvalue weighted by molar-refractivity contribution is -0.121. The van der Waals surface area contributed by atoms with Crippen LogP contribution in [-0.4, -0.2) is 38.5 Å². The van der Waals surface area contributed by atoms with Crippen LogP contribution in [0, 0.1) is 6.92 Å². The molecule has 2 aliphatic rings. The number of hydrogen-bond donors (Lipinski definition) is 2. The van der Waals surface area contributed by atoms with Gasteiger partial charge in [-0.1, -0.05) is 24.3 Å². The van der Waals surface area contributed by atoms with Crippen LogP contribution in [0.4, 0.5) is 5.82 Å². The van der Waals surface area contributed by atoms with Crippen LogP contribution in [0.2, 0.25) is 0 Å². The lowest BCUT2D eigenvalue weighted by atomic mass is 9.82. The Labute approximate surface area is 190 Å². The van der Waals surface area contributed by atoms with E-state index in [2.05, 4.69) is 37.7 Å². The standard InChI is InChI=1S/C25H24N6O2/c1-16-13-29-24(27-11-9-17-6-4-5-10-26-17)25(33)31(16)15-23(32)28-14-20-19-12-22(20)30-21-8-3-2-7-18(19)21/h2-8,10,12-13,20H,9,11,14-15H2,1H3,(H,27,29)(H,28,32). The van der Waals surface area contributed by atoms with Crippen molar-refractivity contribution < 1.29 is 4.79 Å². The Kier molecular flexibility index (Phi) is 5.56. The minimum Gasteiger partial charge on any atom is -0.365 e. The molecule has 1 aliphatic carbocycles. The van der Waals surface area contributed by atoms with Gasteiger partial charge in [0, 0.05) is 54.6 Å². The van der Waals surface area contributed by atoms with E-state index >= 15 is 0 Å². The van der Waals surface area contributed by atoms with Crippen LogP contribution in [0.1, 0.15) is 28.6 Å². The van der Waals surface area contributed by atoms with Crippen molar-refractivity contribution in [1.82, 2.24) is 24.8 Å². The minimum absolute atomic E-state index is 0.0586. The first kappa shape index (κ1) is 20.8. The van der Waals surface area contributed by atoms with Gasteiger partial charge in [0.25, 0.3) is 5.56 Å². The summed E-state index contributed by atoms with van der Waals surface area (Å²) in [7, 11) is 0. The normalized spacial score (nSPS) is 14.0. The Morgan fingerprint density at radius 1 is 1.12 bits per heavy atom. The lowest BCUT2D eigenvalue weighted by Gasteiger charge is -2.28. The van der Waals surface area contributed by atoms with E-state index in [0.29, 0.717) is 25.2 Å². The molecule has 1 unspecified atom stereocenters. The average molecular weight is 441 g/mol. The number of nitrogens with one attached hydrogen (secondary N) is 2. The number of pyridine rings is 2. The molecule has 1 amide bonds. The number of nitrogens with zero attached hydrogens (tertiary/aromatic N) is 4. The topological polar surface area (TPSA) is 102 Å². The predicted octanol–water partition coefficient (Wildman–Crippen LogP) is 2.41. The fourth-order valence-electron chi connectivity index (χ4n) is 4.13. The van der Waals surface area contributed by atoms with E-state index in [0.717, 1.165) is 22.3 Å². The van der Waals surface area contributed by atoms with Crippen LogP contribution >= 0.6 is 0 Å². The van der Waals surface area contributed by atoms with Gasteiger partial charge in [-0.05, 0) is 36.8 Å². The molecule has 8 nitrogen and oxygen atoms in total. The van der Waals surface area contributed by atoms with Crippen molar-refractivity contribution in [3.05, 3.63) is 93.9 Å². The van der Waals surface area contributed by atoms with Crippen LogP contribution < -0.4 is 16.2 Å². The molecule has 0 radical (unpaired) electrons. The second-order valence-electron chi connectivity index (χ2n) is 8.15. The van der Waals surface area contributed by atoms with Gasteiger partial charge in [0.15, 0.2) is 5.82 Å². The van der Waals surface area contributed by atoms with Gasteiger partial charge in [-0.2, -0.15) is 0 Å². The van der Waals surface area contributed by atoms with Gasteiger partial charge in [0.2, 0.25) is 5.91 Å². The molecule has 3 aromatic heterocycles. The number of carbonyl (C=O) groups excluding carboxylic acids is 1. The zero-order valence-electron chi connectivity index (χ0n) is 18.3. The molecule has 2 N–H and O–H groups in total. The number of anilines is 1. The summed E-state index contributed by atoms with van der Waals surface area (Å²) in [4.78, 5) is 38.7. The monoisotopic (exact) mass is 440 g/mol. The van der Waals surface area contributed by atoms with Gasteiger partial charge in [-0.25, -0.2) is 4.98 Å². The van der Waals surface area contributed by atoms with E-state index in [1.165, 1.54) is 10.1 Å². The molecule has 1 aliphatic heterocycles. The van der Waals surface area contributed by atoms with E-state index in [1.54, 1.807) is 19.3 Å². The van der Waals surface area contributed by atoms with Crippen molar-refractivity contribution in [2.75, 3.05) is 18.4 Å². The van der Waals surface area contributed by atoms with Crippen LogP contribution in [0.25, 0.3) is 10.9 Å². The third-order valence-corrected chi connectivity index (χ3v) is 5.96. The number of hydrogen-bond acceptors (Lipinski definition) is 6. The molecule has 0 fully saturated rings. The van der Waals surface area contributed by atoms with E-state index < -0.39 is 0 Å². The Bertz CT molecular complexity index is 1380. The summed E-state index contributed by atoms with van der Waals surface area (Å²) in [6, 6.07) is 15.8. The van der Waals surface area contributed by atoms with Crippen molar-refractivity contribution in [2.24, 2.45) is 0 Å². The molecule has 0 spiro atoms. The highest BCUT2D eigenvalue weighted by atomic mass is 16.2.